The summed E-state index contributed by atoms with van der Waals surface area (Å²) in [5.74, 6) is 1.41. The molecule has 1 heteroatoms. The maximum atomic E-state index is 5.93. The van der Waals surface area contributed by atoms with Crippen molar-refractivity contribution >= 4 is 0 Å². The Bertz CT molecular complexity index is 338. The number of nitrogens with two attached hydrogens (primary N) is 1. The quantitative estimate of drug-likeness (QED) is 0.516. The van der Waals surface area contributed by atoms with E-state index >= 15 is 0 Å². The summed E-state index contributed by atoms with van der Waals surface area (Å²) in [5, 5.41) is 0. The van der Waals surface area contributed by atoms with Crippen molar-refractivity contribution in [1.29, 1.82) is 0 Å². The van der Waals surface area contributed by atoms with E-state index in [4.69, 9.17) is 5.73 Å². The molecule has 0 rings (SSSR count). The summed E-state index contributed by atoms with van der Waals surface area (Å²) in [6.07, 6.45) is 3.73. The van der Waals surface area contributed by atoms with Gasteiger partial charge >= 0.3 is 0 Å². The molecule has 2 atom stereocenters. The lowest BCUT2D eigenvalue weighted by atomic mass is 9.48. The summed E-state index contributed by atoms with van der Waals surface area (Å²) in [6, 6.07) is 0. The normalized spacial score (nSPS) is 18.4. The first-order valence-electron chi connectivity index (χ1n) is 9.37. The van der Waals surface area contributed by atoms with Crippen molar-refractivity contribution in [3.05, 3.63) is 0 Å². The molecular weight excluding hydrogens is 266 g/mol. The molecule has 0 fully saturated rings. The van der Waals surface area contributed by atoms with Crippen LogP contribution in [0.1, 0.15) is 95.4 Å². The predicted molar refractivity (Wildman–Crippen MR) is 102 cm³/mol. The summed E-state index contributed by atoms with van der Waals surface area (Å²) in [4.78, 5) is 0. The summed E-state index contributed by atoms with van der Waals surface area (Å²) < 4.78 is 0. The lowest BCUT2D eigenvalue weighted by Crippen LogP contribution is -2.49. The van der Waals surface area contributed by atoms with Crippen LogP contribution in [0.2, 0.25) is 0 Å². The molecule has 0 saturated heterocycles. The fourth-order valence-corrected chi connectivity index (χ4v) is 4.57. The largest absolute Gasteiger partial charge is 0.330 e. The standard InChI is InChI=1S/C21H45N/c1-12-21(11,16(2)3)20(9,10)19(7,8)14-17(4)13-18(5,6)15-22/h16-17H,12-15,22H2,1-11H3. The molecule has 2 unspecified atom stereocenters. The summed E-state index contributed by atoms with van der Waals surface area (Å²) in [7, 11) is 0. The molecule has 22 heavy (non-hydrogen) atoms. The van der Waals surface area contributed by atoms with E-state index in [0.29, 0.717) is 28.1 Å². The molecule has 0 radical (unpaired) electrons. The SMILES string of the molecule is CCC(C)(C(C)C)C(C)(C)C(C)(C)CC(C)CC(C)(C)CN. The predicted octanol–water partition coefficient (Wildman–Crippen LogP) is 6.51. The van der Waals surface area contributed by atoms with Crippen LogP contribution in [0.3, 0.4) is 0 Å². The molecule has 0 amide bonds. The average Bonchev–Trinajstić information content (AvgIpc) is 2.35. The van der Waals surface area contributed by atoms with Crippen molar-refractivity contribution in [3.8, 4) is 0 Å². The van der Waals surface area contributed by atoms with E-state index in [1.54, 1.807) is 0 Å². The average molecular weight is 312 g/mol. The van der Waals surface area contributed by atoms with Crippen molar-refractivity contribution in [2.24, 2.45) is 39.2 Å². The van der Waals surface area contributed by atoms with Gasteiger partial charge in [-0.1, -0.05) is 76.2 Å². The maximum Gasteiger partial charge on any atom is -0.00257 e. The minimum atomic E-state index is 0.256. The Morgan fingerprint density at radius 2 is 1.27 bits per heavy atom. The van der Waals surface area contributed by atoms with Crippen molar-refractivity contribution in [2.75, 3.05) is 6.54 Å². The van der Waals surface area contributed by atoms with Crippen molar-refractivity contribution in [1.82, 2.24) is 0 Å². The molecule has 0 spiro atoms. The van der Waals surface area contributed by atoms with Crippen molar-refractivity contribution in [2.45, 2.75) is 95.4 Å². The van der Waals surface area contributed by atoms with Crippen LogP contribution in [0.4, 0.5) is 0 Å². The Balaban J connectivity index is 5.28. The van der Waals surface area contributed by atoms with E-state index < -0.39 is 0 Å². The minimum Gasteiger partial charge on any atom is -0.330 e. The molecule has 0 bridgehead atoms. The minimum absolute atomic E-state index is 0.256. The Morgan fingerprint density at radius 3 is 1.59 bits per heavy atom. The lowest BCUT2D eigenvalue weighted by Gasteiger charge is -2.57. The Labute approximate surface area is 141 Å². The highest BCUT2D eigenvalue weighted by atomic mass is 14.6. The van der Waals surface area contributed by atoms with Crippen LogP contribution in [0.5, 0.6) is 0 Å². The highest BCUT2D eigenvalue weighted by molar-refractivity contribution is 5.00. The van der Waals surface area contributed by atoms with E-state index in [9.17, 15) is 0 Å². The maximum absolute atomic E-state index is 5.93. The number of rotatable bonds is 9. The van der Waals surface area contributed by atoms with E-state index in [0.717, 1.165) is 6.54 Å². The van der Waals surface area contributed by atoms with Gasteiger partial charge in [-0.2, -0.15) is 0 Å². The van der Waals surface area contributed by atoms with Crippen LogP contribution < -0.4 is 5.73 Å². The Hall–Kier alpha value is -0.0400. The Kier molecular flexibility index (Phi) is 7.23. The van der Waals surface area contributed by atoms with Gasteiger partial charge in [-0.25, -0.2) is 0 Å². The molecule has 0 aromatic rings. The molecule has 134 valence electrons. The lowest BCUT2D eigenvalue weighted by molar-refractivity contribution is -0.0760. The second kappa shape index (κ2) is 7.24. The zero-order valence-corrected chi connectivity index (χ0v) is 17.6. The molecule has 0 aromatic heterocycles. The molecule has 0 heterocycles. The zero-order valence-electron chi connectivity index (χ0n) is 17.6. The van der Waals surface area contributed by atoms with E-state index in [1.807, 2.05) is 0 Å². The van der Waals surface area contributed by atoms with Crippen LogP contribution in [0, 0.1) is 33.5 Å². The molecule has 0 aliphatic heterocycles. The summed E-state index contributed by atoms with van der Waals surface area (Å²) in [6.45, 7) is 27.4. The molecule has 1 nitrogen and oxygen atoms in total. The van der Waals surface area contributed by atoms with Gasteiger partial charge in [0, 0.05) is 0 Å². The molecule has 0 aliphatic carbocycles. The smallest absolute Gasteiger partial charge is 0.00257 e. The van der Waals surface area contributed by atoms with Crippen molar-refractivity contribution in [3.63, 3.8) is 0 Å². The van der Waals surface area contributed by atoms with Gasteiger partial charge in [0.05, 0.1) is 0 Å². The monoisotopic (exact) mass is 311 g/mol. The first-order chi connectivity index (χ1) is 9.67. The molecule has 0 aromatic carbocycles. The van der Waals surface area contributed by atoms with Gasteiger partial charge in [-0.3, -0.25) is 0 Å². The first-order valence-corrected chi connectivity index (χ1v) is 9.37. The molecule has 0 aliphatic rings. The fraction of sp³-hybridized carbons (Fsp3) is 1.00. The molecular formula is C21H45N. The second-order valence-electron chi connectivity index (χ2n) is 10.3. The third-order valence-electron chi connectivity index (χ3n) is 7.44. The summed E-state index contributed by atoms with van der Waals surface area (Å²) >= 11 is 0. The first kappa shape index (κ1) is 22.0. The van der Waals surface area contributed by atoms with Gasteiger partial charge in [0.1, 0.15) is 0 Å². The second-order valence-corrected chi connectivity index (χ2v) is 10.3. The number of hydrogen-bond acceptors (Lipinski definition) is 1. The van der Waals surface area contributed by atoms with E-state index in [1.165, 1.54) is 19.3 Å². The highest BCUT2D eigenvalue weighted by Gasteiger charge is 2.50. The highest BCUT2D eigenvalue weighted by Crippen LogP contribution is 2.58. The van der Waals surface area contributed by atoms with E-state index in [-0.39, 0.29) is 5.41 Å². The third-order valence-corrected chi connectivity index (χ3v) is 7.44. The summed E-state index contributed by atoms with van der Waals surface area (Å²) in [5.41, 5.74) is 7.16. The van der Waals surface area contributed by atoms with Gasteiger partial charge in [0.25, 0.3) is 0 Å². The zero-order chi connectivity index (χ0) is 18.0. The van der Waals surface area contributed by atoms with Gasteiger partial charge in [-0.15, -0.1) is 0 Å². The van der Waals surface area contributed by atoms with Crippen LogP contribution in [0.25, 0.3) is 0 Å². The fourth-order valence-electron chi connectivity index (χ4n) is 4.57. The van der Waals surface area contributed by atoms with Gasteiger partial charge in [-0.05, 0) is 59.3 Å². The van der Waals surface area contributed by atoms with E-state index in [2.05, 4.69) is 76.2 Å². The van der Waals surface area contributed by atoms with Crippen LogP contribution in [-0.4, -0.2) is 6.54 Å². The van der Waals surface area contributed by atoms with Gasteiger partial charge < -0.3 is 5.73 Å². The topological polar surface area (TPSA) is 26.0 Å². The number of hydrogen-bond donors (Lipinski definition) is 1. The van der Waals surface area contributed by atoms with Gasteiger partial charge in [0.15, 0.2) is 0 Å². The van der Waals surface area contributed by atoms with Crippen LogP contribution in [0.15, 0.2) is 0 Å². The van der Waals surface area contributed by atoms with Crippen molar-refractivity contribution < 1.29 is 0 Å². The molecule has 2 N–H and O–H groups in total. The van der Waals surface area contributed by atoms with Crippen LogP contribution in [-0.2, 0) is 0 Å². The third kappa shape index (κ3) is 4.49. The Morgan fingerprint density at radius 1 is 0.818 bits per heavy atom. The van der Waals surface area contributed by atoms with Gasteiger partial charge in [0.2, 0.25) is 0 Å². The molecule has 0 saturated carbocycles. The van der Waals surface area contributed by atoms with Crippen LogP contribution >= 0.6 is 0 Å².